The summed E-state index contributed by atoms with van der Waals surface area (Å²) in [5, 5.41) is 0. The first kappa shape index (κ1) is 9.44. The number of nitrogens with zero attached hydrogens (tertiary/aromatic N) is 1. The molecule has 0 amide bonds. The van der Waals surface area contributed by atoms with Crippen LogP contribution in [0.25, 0.3) is 0 Å². The summed E-state index contributed by atoms with van der Waals surface area (Å²) in [6.45, 7) is 9.04. The Labute approximate surface area is 80.0 Å². The van der Waals surface area contributed by atoms with Crippen molar-refractivity contribution < 1.29 is 9.47 Å². The lowest BCUT2D eigenvalue weighted by Gasteiger charge is -2.45. The summed E-state index contributed by atoms with van der Waals surface area (Å²) in [4.78, 5) is 2.55. The van der Waals surface area contributed by atoms with E-state index in [9.17, 15) is 0 Å². The molecule has 0 N–H and O–H groups in total. The van der Waals surface area contributed by atoms with Crippen molar-refractivity contribution >= 4 is 0 Å². The van der Waals surface area contributed by atoms with Gasteiger partial charge in [-0.2, -0.15) is 0 Å². The van der Waals surface area contributed by atoms with Crippen LogP contribution in [0.1, 0.15) is 20.3 Å². The standard InChI is InChI=1S/C10H19NO2/c1-9(2)11-4-6-13-8-10(11)3-5-12-7-10/h9H,3-8H2,1-2H3. The number of rotatable bonds is 1. The SMILES string of the molecule is CC(C)N1CCOCC12CCOC2. The second kappa shape index (κ2) is 3.56. The molecule has 0 aromatic rings. The Morgan fingerprint density at radius 3 is 2.46 bits per heavy atom. The molecule has 2 rings (SSSR count). The number of ether oxygens (including phenoxy) is 2. The molecule has 0 saturated carbocycles. The number of hydrogen-bond acceptors (Lipinski definition) is 3. The van der Waals surface area contributed by atoms with Crippen LogP contribution in [-0.4, -0.2) is 49.5 Å². The van der Waals surface area contributed by atoms with Gasteiger partial charge in [-0.15, -0.1) is 0 Å². The molecule has 13 heavy (non-hydrogen) atoms. The van der Waals surface area contributed by atoms with Gasteiger partial charge in [0.1, 0.15) is 0 Å². The molecule has 0 bridgehead atoms. The Hall–Kier alpha value is -0.120. The third-order valence-electron chi connectivity index (χ3n) is 3.16. The maximum atomic E-state index is 5.57. The maximum Gasteiger partial charge on any atom is 0.0703 e. The van der Waals surface area contributed by atoms with E-state index < -0.39 is 0 Å². The third-order valence-corrected chi connectivity index (χ3v) is 3.16. The van der Waals surface area contributed by atoms with Crippen LogP contribution in [0.2, 0.25) is 0 Å². The first-order valence-corrected chi connectivity index (χ1v) is 5.17. The van der Waals surface area contributed by atoms with E-state index in [0.717, 1.165) is 39.4 Å². The molecule has 1 atom stereocenters. The fraction of sp³-hybridized carbons (Fsp3) is 1.00. The Kier molecular flexibility index (Phi) is 2.58. The quantitative estimate of drug-likeness (QED) is 0.605. The average Bonchev–Trinajstić information content (AvgIpc) is 2.54. The van der Waals surface area contributed by atoms with E-state index in [2.05, 4.69) is 18.7 Å². The highest BCUT2D eigenvalue weighted by atomic mass is 16.5. The highest BCUT2D eigenvalue weighted by Crippen LogP contribution is 2.30. The third kappa shape index (κ3) is 1.60. The van der Waals surface area contributed by atoms with Gasteiger partial charge in [-0.05, 0) is 20.3 Å². The number of hydrogen-bond donors (Lipinski definition) is 0. The van der Waals surface area contributed by atoms with Crippen molar-refractivity contribution in [1.82, 2.24) is 4.90 Å². The molecule has 76 valence electrons. The molecule has 3 nitrogen and oxygen atoms in total. The van der Waals surface area contributed by atoms with Crippen molar-refractivity contribution in [3.63, 3.8) is 0 Å². The summed E-state index contributed by atoms with van der Waals surface area (Å²) in [6, 6.07) is 0.602. The summed E-state index contributed by atoms with van der Waals surface area (Å²) in [5.41, 5.74) is 0.201. The largest absolute Gasteiger partial charge is 0.379 e. The predicted molar refractivity (Wildman–Crippen MR) is 50.8 cm³/mol. The highest BCUT2D eigenvalue weighted by Gasteiger charge is 2.43. The van der Waals surface area contributed by atoms with Gasteiger partial charge in [0.15, 0.2) is 0 Å². The molecule has 0 aromatic carbocycles. The van der Waals surface area contributed by atoms with Crippen LogP contribution in [0, 0.1) is 0 Å². The van der Waals surface area contributed by atoms with E-state index in [4.69, 9.17) is 9.47 Å². The van der Waals surface area contributed by atoms with E-state index in [-0.39, 0.29) is 5.54 Å². The van der Waals surface area contributed by atoms with Gasteiger partial charge in [-0.25, -0.2) is 0 Å². The minimum absolute atomic E-state index is 0.201. The van der Waals surface area contributed by atoms with Gasteiger partial charge < -0.3 is 9.47 Å². The Morgan fingerprint density at radius 2 is 1.85 bits per heavy atom. The first-order chi connectivity index (χ1) is 6.25. The van der Waals surface area contributed by atoms with Crippen molar-refractivity contribution in [2.75, 3.05) is 33.0 Å². The van der Waals surface area contributed by atoms with Crippen molar-refractivity contribution in [3.8, 4) is 0 Å². The molecule has 0 radical (unpaired) electrons. The molecule has 2 saturated heterocycles. The fourth-order valence-corrected chi connectivity index (χ4v) is 2.49. The van der Waals surface area contributed by atoms with Crippen LogP contribution in [-0.2, 0) is 9.47 Å². The van der Waals surface area contributed by atoms with Gasteiger partial charge >= 0.3 is 0 Å². The lowest BCUT2D eigenvalue weighted by molar-refractivity contribution is -0.0843. The summed E-state index contributed by atoms with van der Waals surface area (Å²) >= 11 is 0. The second-order valence-electron chi connectivity index (χ2n) is 4.37. The monoisotopic (exact) mass is 185 g/mol. The van der Waals surface area contributed by atoms with Gasteiger partial charge in [0, 0.05) is 19.2 Å². The molecule has 2 fully saturated rings. The van der Waals surface area contributed by atoms with Crippen molar-refractivity contribution in [2.24, 2.45) is 0 Å². The number of morpholine rings is 1. The van der Waals surface area contributed by atoms with Crippen LogP contribution >= 0.6 is 0 Å². The van der Waals surface area contributed by atoms with Gasteiger partial charge in [0.25, 0.3) is 0 Å². The van der Waals surface area contributed by atoms with Gasteiger partial charge in [-0.1, -0.05) is 0 Å². The zero-order chi connectivity index (χ0) is 9.31. The Morgan fingerprint density at radius 1 is 1.15 bits per heavy atom. The normalized spacial score (nSPS) is 36.2. The molecular weight excluding hydrogens is 166 g/mol. The minimum atomic E-state index is 0.201. The summed E-state index contributed by atoms with van der Waals surface area (Å²) in [6.07, 6.45) is 1.13. The molecule has 0 aromatic heterocycles. The van der Waals surface area contributed by atoms with Gasteiger partial charge in [-0.3, -0.25) is 4.90 Å². The van der Waals surface area contributed by atoms with Gasteiger partial charge in [0.05, 0.1) is 25.4 Å². The first-order valence-electron chi connectivity index (χ1n) is 5.17. The van der Waals surface area contributed by atoms with Gasteiger partial charge in [0.2, 0.25) is 0 Å². The summed E-state index contributed by atoms with van der Waals surface area (Å²) < 4.78 is 11.1. The van der Waals surface area contributed by atoms with Crippen molar-refractivity contribution in [3.05, 3.63) is 0 Å². The zero-order valence-corrected chi connectivity index (χ0v) is 8.58. The highest BCUT2D eigenvalue weighted by molar-refractivity contribution is 4.97. The Bertz CT molecular complexity index is 176. The summed E-state index contributed by atoms with van der Waals surface area (Å²) in [7, 11) is 0. The van der Waals surface area contributed by atoms with Crippen molar-refractivity contribution in [2.45, 2.75) is 31.8 Å². The smallest absolute Gasteiger partial charge is 0.0703 e. The van der Waals surface area contributed by atoms with Crippen LogP contribution in [0.5, 0.6) is 0 Å². The molecule has 3 heteroatoms. The van der Waals surface area contributed by atoms with E-state index >= 15 is 0 Å². The minimum Gasteiger partial charge on any atom is -0.379 e. The van der Waals surface area contributed by atoms with Crippen LogP contribution in [0.3, 0.4) is 0 Å². The fourth-order valence-electron chi connectivity index (χ4n) is 2.49. The van der Waals surface area contributed by atoms with Crippen LogP contribution < -0.4 is 0 Å². The Balaban J connectivity index is 2.12. The molecule has 0 aliphatic carbocycles. The molecular formula is C10H19NO2. The maximum absolute atomic E-state index is 5.57. The predicted octanol–water partition coefficient (Wildman–Crippen LogP) is 0.886. The molecule has 2 aliphatic heterocycles. The zero-order valence-electron chi connectivity index (χ0n) is 8.58. The molecule has 2 heterocycles. The van der Waals surface area contributed by atoms with E-state index in [1.807, 2.05) is 0 Å². The van der Waals surface area contributed by atoms with Crippen LogP contribution in [0.15, 0.2) is 0 Å². The van der Waals surface area contributed by atoms with E-state index in [0.29, 0.717) is 6.04 Å². The molecule has 1 unspecified atom stereocenters. The molecule has 1 spiro atoms. The van der Waals surface area contributed by atoms with Crippen LogP contribution in [0.4, 0.5) is 0 Å². The van der Waals surface area contributed by atoms with Crippen molar-refractivity contribution in [1.29, 1.82) is 0 Å². The van der Waals surface area contributed by atoms with E-state index in [1.165, 1.54) is 0 Å². The lowest BCUT2D eigenvalue weighted by atomic mass is 9.94. The molecule has 2 aliphatic rings. The van der Waals surface area contributed by atoms with E-state index in [1.54, 1.807) is 0 Å². The topological polar surface area (TPSA) is 21.7 Å². The average molecular weight is 185 g/mol. The lowest BCUT2D eigenvalue weighted by Crippen LogP contribution is -2.59. The second-order valence-corrected chi connectivity index (χ2v) is 4.37. The summed E-state index contributed by atoms with van der Waals surface area (Å²) in [5.74, 6) is 0.